The first-order valence-electron chi connectivity index (χ1n) is 4.19. The Balaban J connectivity index is 2.58. The standard InChI is InChI=1S/C9H9BrN4/c1-6-8(10)7(2)14(13-6)9-11-4-3-5-12-9/h3-5H,1-2H3. The average Bonchev–Trinajstić information content (AvgIpc) is 2.47. The lowest BCUT2D eigenvalue weighted by Crippen LogP contribution is -2.03. The largest absolute Gasteiger partial charge is 0.250 e. The second kappa shape index (κ2) is 3.49. The van der Waals surface area contributed by atoms with Crippen molar-refractivity contribution in [3.05, 3.63) is 34.3 Å². The second-order valence-electron chi connectivity index (χ2n) is 2.95. The smallest absolute Gasteiger partial charge is 0.220 e. The van der Waals surface area contributed by atoms with Gasteiger partial charge in [-0.15, -0.1) is 0 Å². The van der Waals surface area contributed by atoms with Crippen molar-refractivity contribution in [3.63, 3.8) is 0 Å². The molecular weight excluding hydrogens is 244 g/mol. The van der Waals surface area contributed by atoms with Crippen LogP contribution < -0.4 is 0 Å². The van der Waals surface area contributed by atoms with Crippen molar-refractivity contribution in [2.45, 2.75) is 13.8 Å². The highest BCUT2D eigenvalue weighted by Crippen LogP contribution is 2.21. The highest BCUT2D eigenvalue weighted by Gasteiger charge is 2.10. The molecule has 0 aliphatic carbocycles. The predicted molar refractivity (Wildman–Crippen MR) is 56.3 cm³/mol. The van der Waals surface area contributed by atoms with E-state index in [9.17, 15) is 0 Å². The molecule has 0 saturated heterocycles. The van der Waals surface area contributed by atoms with Gasteiger partial charge in [0.25, 0.3) is 5.95 Å². The summed E-state index contributed by atoms with van der Waals surface area (Å²) in [4.78, 5) is 8.27. The van der Waals surface area contributed by atoms with E-state index in [1.165, 1.54) is 0 Å². The summed E-state index contributed by atoms with van der Waals surface area (Å²) in [6.45, 7) is 3.91. The van der Waals surface area contributed by atoms with Gasteiger partial charge < -0.3 is 0 Å². The maximum atomic E-state index is 4.32. The van der Waals surface area contributed by atoms with E-state index in [0.29, 0.717) is 5.95 Å². The van der Waals surface area contributed by atoms with Gasteiger partial charge >= 0.3 is 0 Å². The third kappa shape index (κ3) is 1.43. The molecule has 2 aromatic heterocycles. The molecule has 4 nitrogen and oxygen atoms in total. The number of nitrogens with zero attached hydrogens (tertiary/aromatic N) is 4. The van der Waals surface area contributed by atoms with Gasteiger partial charge in [-0.05, 0) is 35.8 Å². The molecule has 2 heterocycles. The van der Waals surface area contributed by atoms with Crippen LogP contribution in [0.15, 0.2) is 22.9 Å². The third-order valence-corrected chi connectivity index (χ3v) is 3.09. The van der Waals surface area contributed by atoms with Crippen LogP contribution in [-0.4, -0.2) is 19.7 Å². The van der Waals surface area contributed by atoms with E-state index in [2.05, 4.69) is 31.0 Å². The molecule has 0 unspecified atom stereocenters. The van der Waals surface area contributed by atoms with Crippen LogP contribution in [-0.2, 0) is 0 Å². The first-order chi connectivity index (χ1) is 6.70. The predicted octanol–water partition coefficient (Wildman–Crippen LogP) is 2.04. The molecular formula is C9H9BrN4. The van der Waals surface area contributed by atoms with E-state index in [1.54, 1.807) is 23.1 Å². The van der Waals surface area contributed by atoms with Crippen molar-refractivity contribution in [2.75, 3.05) is 0 Å². The van der Waals surface area contributed by atoms with Crippen LogP contribution in [0.1, 0.15) is 11.4 Å². The molecule has 0 amide bonds. The van der Waals surface area contributed by atoms with Crippen LogP contribution in [0.2, 0.25) is 0 Å². The zero-order valence-corrected chi connectivity index (χ0v) is 9.48. The first kappa shape index (κ1) is 9.33. The maximum Gasteiger partial charge on any atom is 0.250 e. The molecule has 14 heavy (non-hydrogen) atoms. The quantitative estimate of drug-likeness (QED) is 0.781. The Hall–Kier alpha value is -1.23. The Labute approximate surface area is 90.1 Å². The lowest BCUT2D eigenvalue weighted by molar-refractivity contribution is 0.773. The molecule has 0 radical (unpaired) electrons. The minimum atomic E-state index is 0.596. The summed E-state index contributed by atoms with van der Waals surface area (Å²) in [5.74, 6) is 0.596. The van der Waals surface area contributed by atoms with Gasteiger partial charge in [-0.1, -0.05) is 0 Å². The summed E-state index contributed by atoms with van der Waals surface area (Å²) >= 11 is 3.46. The van der Waals surface area contributed by atoms with Gasteiger partial charge in [0.2, 0.25) is 0 Å². The highest BCUT2D eigenvalue weighted by molar-refractivity contribution is 9.10. The van der Waals surface area contributed by atoms with Crippen LogP contribution in [0.3, 0.4) is 0 Å². The van der Waals surface area contributed by atoms with Crippen molar-refractivity contribution in [1.29, 1.82) is 0 Å². The molecule has 0 aliphatic rings. The minimum Gasteiger partial charge on any atom is -0.220 e. The molecule has 0 atom stereocenters. The van der Waals surface area contributed by atoms with Crippen molar-refractivity contribution in [3.8, 4) is 5.95 Å². The van der Waals surface area contributed by atoms with E-state index in [-0.39, 0.29) is 0 Å². The van der Waals surface area contributed by atoms with Crippen molar-refractivity contribution >= 4 is 15.9 Å². The van der Waals surface area contributed by atoms with Crippen LogP contribution >= 0.6 is 15.9 Å². The molecule has 0 saturated carbocycles. The molecule has 0 aliphatic heterocycles. The normalized spacial score (nSPS) is 10.5. The second-order valence-corrected chi connectivity index (χ2v) is 3.74. The number of hydrogen-bond donors (Lipinski definition) is 0. The summed E-state index contributed by atoms with van der Waals surface area (Å²) in [6.07, 6.45) is 3.40. The average molecular weight is 253 g/mol. The van der Waals surface area contributed by atoms with Gasteiger partial charge in [0.15, 0.2) is 0 Å². The highest BCUT2D eigenvalue weighted by atomic mass is 79.9. The number of hydrogen-bond acceptors (Lipinski definition) is 3. The molecule has 0 bridgehead atoms. The summed E-state index contributed by atoms with van der Waals surface area (Å²) < 4.78 is 2.73. The molecule has 0 aromatic carbocycles. The molecule has 0 fully saturated rings. The summed E-state index contributed by atoms with van der Waals surface area (Å²) in [5, 5.41) is 4.32. The number of aromatic nitrogens is 4. The Morgan fingerprint density at radius 1 is 1.21 bits per heavy atom. The van der Waals surface area contributed by atoms with Gasteiger partial charge in [-0.2, -0.15) is 5.10 Å². The van der Waals surface area contributed by atoms with E-state index < -0.39 is 0 Å². The molecule has 5 heteroatoms. The van der Waals surface area contributed by atoms with E-state index in [4.69, 9.17) is 0 Å². The Kier molecular flexibility index (Phi) is 2.33. The lowest BCUT2D eigenvalue weighted by atomic mass is 10.4. The topological polar surface area (TPSA) is 43.6 Å². The number of halogens is 1. The monoisotopic (exact) mass is 252 g/mol. The maximum absolute atomic E-state index is 4.32. The zero-order chi connectivity index (χ0) is 10.1. The lowest BCUT2D eigenvalue weighted by Gasteiger charge is -1.99. The van der Waals surface area contributed by atoms with Crippen LogP contribution in [0, 0.1) is 13.8 Å². The van der Waals surface area contributed by atoms with Gasteiger partial charge in [0, 0.05) is 12.4 Å². The van der Waals surface area contributed by atoms with Gasteiger partial charge in [0.05, 0.1) is 15.9 Å². The number of aryl methyl sites for hydroxylation is 1. The summed E-state index contributed by atoms with van der Waals surface area (Å²) in [5.41, 5.74) is 1.95. The van der Waals surface area contributed by atoms with E-state index in [1.807, 2.05) is 13.8 Å². The zero-order valence-electron chi connectivity index (χ0n) is 7.90. The fraction of sp³-hybridized carbons (Fsp3) is 0.222. The SMILES string of the molecule is Cc1nn(-c2ncccn2)c(C)c1Br. The van der Waals surface area contributed by atoms with Crippen molar-refractivity contribution in [2.24, 2.45) is 0 Å². The fourth-order valence-electron chi connectivity index (χ4n) is 1.22. The van der Waals surface area contributed by atoms with E-state index in [0.717, 1.165) is 15.9 Å². The molecule has 0 N–H and O–H groups in total. The first-order valence-corrected chi connectivity index (χ1v) is 4.98. The van der Waals surface area contributed by atoms with Crippen molar-refractivity contribution < 1.29 is 0 Å². The number of rotatable bonds is 1. The Morgan fingerprint density at radius 3 is 2.36 bits per heavy atom. The van der Waals surface area contributed by atoms with Gasteiger partial charge in [-0.25, -0.2) is 14.6 Å². The van der Waals surface area contributed by atoms with Crippen LogP contribution in [0.4, 0.5) is 0 Å². The summed E-state index contributed by atoms with van der Waals surface area (Å²) in [7, 11) is 0. The minimum absolute atomic E-state index is 0.596. The fourth-order valence-corrected chi connectivity index (χ4v) is 1.47. The molecule has 0 spiro atoms. The van der Waals surface area contributed by atoms with E-state index >= 15 is 0 Å². The van der Waals surface area contributed by atoms with Crippen LogP contribution in [0.25, 0.3) is 5.95 Å². The molecule has 72 valence electrons. The van der Waals surface area contributed by atoms with Crippen molar-refractivity contribution in [1.82, 2.24) is 19.7 Å². The Morgan fingerprint density at radius 2 is 1.86 bits per heavy atom. The van der Waals surface area contributed by atoms with Crippen LogP contribution in [0.5, 0.6) is 0 Å². The third-order valence-electron chi connectivity index (χ3n) is 1.94. The van der Waals surface area contributed by atoms with Gasteiger partial charge in [-0.3, -0.25) is 0 Å². The molecule has 2 aromatic rings. The molecule has 2 rings (SSSR count). The Bertz CT molecular complexity index is 449. The van der Waals surface area contributed by atoms with Gasteiger partial charge in [0.1, 0.15) is 0 Å². The summed E-state index contributed by atoms with van der Waals surface area (Å²) in [6, 6.07) is 1.78.